The van der Waals surface area contributed by atoms with Crippen LogP contribution >= 0.6 is 23.1 Å². The third-order valence-corrected chi connectivity index (χ3v) is 6.45. The van der Waals surface area contributed by atoms with E-state index in [0.717, 1.165) is 10.0 Å². The second-order valence-electron chi connectivity index (χ2n) is 5.63. The Kier molecular flexibility index (Phi) is 3.78. The number of aryl methyl sites for hydroxylation is 1. The number of hydrogen-bond acceptors (Lipinski definition) is 6. The van der Waals surface area contributed by atoms with Crippen molar-refractivity contribution in [1.29, 1.82) is 0 Å². The van der Waals surface area contributed by atoms with Gasteiger partial charge in [-0.3, -0.25) is 4.79 Å². The summed E-state index contributed by atoms with van der Waals surface area (Å²) in [5.41, 5.74) is 0.925. The van der Waals surface area contributed by atoms with Gasteiger partial charge in [0.25, 0.3) is 0 Å². The van der Waals surface area contributed by atoms with Crippen molar-refractivity contribution in [3.8, 4) is 0 Å². The van der Waals surface area contributed by atoms with E-state index in [4.69, 9.17) is 0 Å². The zero-order valence-corrected chi connectivity index (χ0v) is 13.9. The van der Waals surface area contributed by atoms with Crippen molar-refractivity contribution in [1.82, 2.24) is 9.88 Å². The van der Waals surface area contributed by atoms with Gasteiger partial charge in [0.15, 0.2) is 4.34 Å². The van der Waals surface area contributed by atoms with E-state index in [1.165, 1.54) is 28.0 Å². The van der Waals surface area contributed by atoms with Crippen LogP contribution in [0.15, 0.2) is 20.3 Å². The van der Waals surface area contributed by atoms with E-state index in [1.54, 1.807) is 6.92 Å². The van der Waals surface area contributed by atoms with Gasteiger partial charge in [-0.15, -0.1) is 11.3 Å². The number of nitrogens with zero attached hydrogens (tertiary/aromatic N) is 2. The highest BCUT2D eigenvalue weighted by Crippen LogP contribution is 2.52. The fourth-order valence-corrected chi connectivity index (χ4v) is 5.24. The van der Waals surface area contributed by atoms with Gasteiger partial charge in [-0.05, 0) is 13.8 Å². The van der Waals surface area contributed by atoms with Crippen molar-refractivity contribution in [3.63, 3.8) is 0 Å². The first-order chi connectivity index (χ1) is 10.3. The number of β-lactam (4-membered cyclic amide) rings is 1. The molecule has 0 bridgehead atoms. The number of carboxylic acid groups (broad SMARTS) is 1. The predicted octanol–water partition coefficient (Wildman–Crippen LogP) is 1.70. The van der Waals surface area contributed by atoms with Crippen molar-refractivity contribution in [2.75, 3.05) is 0 Å². The molecule has 0 saturated carbocycles. The third-order valence-electron chi connectivity index (χ3n) is 4.11. The molecule has 0 radical (unpaired) electrons. The van der Waals surface area contributed by atoms with E-state index in [0.29, 0.717) is 4.91 Å². The van der Waals surface area contributed by atoms with Gasteiger partial charge in [-0.2, -0.15) is 0 Å². The van der Waals surface area contributed by atoms with Gasteiger partial charge < -0.3 is 15.1 Å². The molecule has 2 aliphatic rings. The molecule has 1 amide bonds. The second kappa shape index (κ2) is 5.36. The van der Waals surface area contributed by atoms with Gasteiger partial charge in [0.05, 0.1) is 18.1 Å². The van der Waals surface area contributed by atoms with Crippen molar-refractivity contribution >= 4 is 35.0 Å². The number of carbonyl (C=O) groups excluding carboxylic acids is 1. The van der Waals surface area contributed by atoms with Crippen molar-refractivity contribution in [3.05, 3.63) is 21.7 Å². The number of aliphatic carboxylic acids is 1. The van der Waals surface area contributed by atoms with Crippen LogP contribution in [0.3, 0.4) is 0 Å². The van der Waals surface area contributed by atoms with Crippen molar-refractivity contribution in [2.24, 2.45) is 11.8 Å². The number of aliphatic hydroxyl groups excluding tert-OH is 1. The van der Waals surface area contributed by atoms with Crippen LogP contribution in [0.5, 0.6) is 0 Å². The smallest absolute Gasteiger partial charge is 0.353 e. The summed E-state index contributed by atoms with van der Waals surface area (Å²) >= 11 is 2.77. The molecule has 2 N–H and O–H groups in total. The minimum atomic E-state index is -1.11. The van der Waals surface area contributed by atoms with Crippen LogP contribution in [0.25, 0.3) is 0 Å². The summed E-state index contributed by atoms with van der Waals surface area (Å²) in [5, 5.41) is 21.2. The maximum absolute atomic E-state index is 12.2. The van der Waals surface area contributed by atoms with Crippen LogP contribution in [0.4, 0.5) is 0 Å². The number of hydrogen-bond donors (Lipinski definition) is 2. The molecule has 4 unspecified atom stereocenters. The van der Waals surface area contributed by atoms with E-state index in [2.05, 4.69) is 4.98 Å². The summed E-state index contributed by atoms with van der Waals surface area (Å²) in [5.74, 6) is -2.07. The molecule has 118 valence electrons. The highest BCUT2D eigenvalue weighted by atomic mass is 32.2. The summed E-state index contributed by atoms with van der Waals surface area (Å²) in [7, 11) is 0. The number of carbonyl (C=O) groups is 2. The lowest BCUT2D eigenvalue weighted by Crippen LogP contribution is -2.63. The fraction of sp³-hybridized carbons (Fsp3) is 0.500. The molecule has 1 fully saturated rings. The maximum atomic E-state index is 12.2. The molecule has 8 heteroatoms. The summed E-state index contributed by atoms with van der Waals surface area (Å²) in [6.07, 6.45) is -0.780. The molecule has 1 aromatic heterocycles. The van der Waals surface area contributed by atoms with E-state index in [9.17, 15) is 19.8 Å². The van der Waals surface area contributed by atoms with Crippen molar-refractivity contribution < 1.29 is 19.8 Å². The lowest BCUT2D eigenvalue weighted by Gasteiger charge is -2.46. The molecule has 1 aromatic rings. The van der Waals surface area contributed by atoms with Gasteiger partial charge >= 0.3 is 5.97 Å². The molecule has 0 spiro atoms. The SMILES string of the molecule is Cc1csc(SC2=C(C(=O)O)N3C(=O)C(C(C)O)C3C2C)n1. The van der Waals surface area contributed by atoms with E-state index in [-0.39, 0.29) is 23.6 Å². The van der Waals surface area contributed by atoms with Crippen LogP contribution in [0.1, 0.15) is 19.5 Å². The van der Waals surface area contributed by atoms with E-state index >= 15 is 0 Å². The monoisotopic (exact) mass is 340 g/mol. The molecule has 3 rings (SSSR count). The number of thiazole rings is 1. The lowest BCUT2D eigenvalue weighted by molar-refractivity contribution is -0.163. The number of rotatable bonds is 4. The average Bonchev–Trinajstić information content (AvgIpc) is 2.92. The highest BCUT2D eigenvalue weighted by Gasteiger charge is 2.60. The number of amides is 1. The average molecular weight is 340 g/mol. The third kappa shape index (κ3) is 2.17. The Bertz CT molecular complexity index is 682. The fourth-order valence-electron chi connectivity index (χ4n) is 3.13. The minimum Gasteiger partial charge on any atom is -0.477 e. The Labute approximate surface area is 135 Å². The molecule has 3 heterocycles. The minimum absolute atomic E-state index is 0.0391. The van der Waals surface area contributed by atoms with E-state index in [1.807, 2.05) is 19.2 Å². The van der Waals surface area contributed by atoms with Gasteiger partial charge in [0.1, 0.15) is 5.70 Å². The summed E-state index contributed by atoms with van der Waals surface area (Å²) in [4.78, 5) is 30.1. The van der Waals surface area contributed by atoms with Crippen LogP contribution in [-0.4, -0.2) is 44.1 Å². The summed E-state index contributed by atoms with van der Waals surface area (Å²) < 4.78 is 0.765. The summed E-state index contributed by atoms with van der Waals surface area (Å²) in [6, 6.07) is -0.276. The van der Waals surface area contributed by atoms with Gasteiger partial charge in [-0.25, -0.2) is 9.78 Å². The number of carboxylic acids is 1. The van der Waals surface area contributed by atoms with Crippen LogP contribution in [0, 0.1) is 18.8 Å². The number of thioether (sulfide) groups is 1. The van der Waals surface area contributed by atoms with Gasteiger partial charge in [0, 0.05) is 21.9 Å². The molecule has 0 aromatic carbocycles. The first kappa shape index (κ1) is 15.5. The van der Waals surface area contributed by atoms with Crippen molar-refractivity contribution in [2.45, 2.75) is 37.3 Å². The number of aromatic nitrogens is 1. The van der Waals surface area contributed by atoms with Gasteiger partial charge in [-0.1, -0.05) is 18.7 Å². The maximum Gasteiger partial charge on any atom is 0.353 e. The molecule has 1 saturated heterocycles. The molecular weight excluding hydrogens is 324 g/mol. The molecule has 0 aliphatic carbocycles. The first-order valence-electron chi connectivity index (χ1n) is 6.91. The Balaban J connectivity index is 1.97. The zero-order valence-electron chi connectivity index (χ0n) is 12.3. The quantitative estimate of drug-likeness (QED) is 0.811. The standard InChI is InChI=1S/C14H16N2O4S2/c1-5-4-21-14(15-5)22-11-6(2)9-8(7(3)17)12(18)16(9)10(11)13(19)20/h4,6-9,17H,1-3H3,(H,19,20). The Morgan fingerprint density at radius 1 is 1.55 bits per heavy atom. The molecular formula is C14H16N2O4S2. The summed E-state index contributed by atoms with van der Waals surface area (Å²) in [6.45, 7) is 5.35. The highest BCUT2D eigenvalue weighted by molar-refractivity contribution is 8.04. The molecule has 6 nitrogen and oxygen atoms in total. The Morgan fingerprint density at radius 3 is 2.73 bits per heavy atom. The number of fused-ring (bicyclic) bond motifs is 1. The van der Waals surface area contributed by atoms with Crippen LogP contribution in [0.2, 0.25) is 0 Å². The predicted molar refractivity (Wildman–Crippen MR) is 82.3 cm³/mol. The molecule has 4 atom stereocenters. The normalized spacial score (nSPS) is 28.6. The van der Waals surface area contributed by atoms with Crippen LogP contribution in [-0.2, 0) is 9.59 Å². The number of aliphatic hydroxyl groups is 1. The Hall–Kier alpha value is -1.38. The lowest BCUT2D eigenvalue weighted by atomic mass is 9.79. The van der Waals surface area contributed by atoms with Crippen LogP contribution < -0.4 is 0 Å². The largest absolute Gasteiger partial charge is 0.477 e. The van der Waals surface area contributed by atoms with E-state index < -0.39 is 18.0 Å². The molecule has 22 heavy (non-hydrogen) atoms. The molecule has 2 aliphatic heterocycles. The first-order valence-corrected chi connectivity index (χ1v) is 8.61. The second-order valence-corrected chi connectivity index (χ2v) is 7.78. The topological polar surface area (TPSA) is 90.7 Å². The van der Waals surface area contributed by atoms with Gasteiger partial charge in [0.2, 0.25) is 5.91 Å². The Morgan fingerprint density at radius 2 is 2.23 bits per heavy atom. The zero-order chi connectivity index (χ0) is 16.2.